The number of carbonyl (C=O) groups excluding carboxylic acids is 1. The number of carbonyl (C=O) groups is 1. The largest absolute Gasteiger partial charge is 0.326 e. The lowest BCUT2D eigenvalue weighted by Crippen LogP contribution is -2.35. The van der Waals surface area contributed by atoms with Crippen LogP contribution >= 0.6 is 0 Å². The van der Waals surface area contributed by atoms with Gasteiger partial charge in [-0.1, -0.05) is 36.4 Å². The predicted molar refractivity (Wildman–Crippen MR) is 89.4 cm³/mol. The first-order valence-electron chi connectivity index (χ1n) is 7.70. The normalized spacial score (nSPS) is 17.4. The molecule has 1 heterocycles. The summed E-state index contributed by atoms with van der Waals surface area (Å²) in [5, 5.41) is 6.21. The monoisotopic (exact) mass is 295 g/mol. The van der Waals surface area contributed by atoms with Crippen LogP contribution in [0.4, 0.5) is 5.69 Å². The fourth-order valence-corrected chi connectivity index (χ4v) is 2.75. The first-order valence-corrected chi connectivity index (χ1v) is 7.70. The van der Waals surface area contributed by atoms with E-state index in [0.29, 0.717) is 6.54 Å². The van der Waals surface area contributed by atoms with Crippen molar-refractivity contribution in [2.24, 2.45) is 5.73 Å². The molecule has 114 valence electrons. The fraction of sp³-hybridized carbons (Fsp3) is 0.278. The molecule has 2 aromatic carbocycles. The van der Waals surface area contributed by atoms with E-state index >= 15 is 0 Å². The van der Waals surface area contributed by atoms with Gasteiger partial charge in [-0.3, -0.25) is 4.79 Å². The van der Waals surface area contributed by atoms with Gasteiger partial charge in [0.25, 0.3) is 0 Å². The van der Waals surface area contributed by atoms with Crippen LogP contribution in [0.2, 0.25) is 0 Å². The highest BCUT2D eigenvalue weighted by molar-refractivity contribution is 5.95. The summed E-state index contributed by atoms with van der Waals surface area (Å²) in [6.07, 6.45) is 1.97. The molecule has 22 heavy (non-hydrogen) atoms. The van der Waals surface area contributed by atoms with Crippen molar-refractivity contribution in [1.82, 2.24) is 5.32 Å². The predicted octanol–water partition coefficient (Wildman–Crippen LogP) is 2.50. The second-order valence-corrected chi connectivity index (χ2v) is 5.62. The van der Waals surface area contributed by atoms with Crippen LogP contribution in [-0.2, 0) is 11.3 Å². The second-order valence-electron chi connectivity index (χ2n) is 5.62. The van der Waals surface area contributed by atoms with Crippen LogP contribution in [0.15, 0.2) is 48.5 Å². The quantitative estimate of drug-likeness (QED) is 0.812. The number of amides is 1. The minimum Gasteiger partial charge on any atom is -0.326 e. The summed E-state index contributed by atoms with van der Waals surface area (Å²) in [5.41, 5.74) is 9.77. The summed E-state index contributed by atoms with van der Waals surface area (Å²) in [4.78, 5) is 12.2. The molecule has 1 aliphatic rings. The van der Waals surface area contributed by atoms with Crippen molar-refractivity contribution >= 4 is 11.6 Å². The Morgan fingerprint density at radius 2 is 2.00 bits per heavy atom. The first kappa shape index (κ1) is 14.8. The summed E-state index contributed by atoms with van der Waals surface area (Å²) in [5.74, 6) is 0.0492. The molecular formula is C18H21N3O. The molecule has 4 nitrogen and oxygen atoms in total. The molecule has 0 aliphatic carbocycles. The van der Waals surface area contributed by atoms with E-state index in [4.69, 9.17) is 5.73 Å². The van der Waals surface area contributed by atoms with Gasteiger partial charge >= 0.3 is 0 Å². The Morgan fingerprint density at radius 1 is 1.18 bits per heavy atom. The smallest absolute Gasteiger partial charge is 0.241 e. The highest BCUT2D eigenvalue weighted by Crippen LogP contribution is 2.23. The van der Waals surface area contributed by atoms with Crippen molar-refractivity contribution in [3.63, 3.8) is 0 Å². The molecule has 1 aliphatic heterocycles. The van der Waals surface area contributed by atoms with Crippen LogP contribution in [0.25, 0.3) is 11.1 Å². The van der Waals surface area contributed by atoms with E-state index < -0.39 is 0 Å². The van der Waals surface area contributed by atoms with Gasteiger partial charge < -0.3 is 16.4 Å². The van der Waals surface area contributed by atoms with Crippen LogP contribution in [0, 0.1) is 0 Å². The molecule has 2 aromatic rings. The minimum atomic E-state index is -0.0625. The molecule has 1 atom stereocenters. The maximum Gasteiger partial charge on any atom is 0.241 e. The van der Waals surface area contributed by atoms with Gasteiger partial charge in [0.2, 0.25) is 5.91 Å². The zero-order chi connectivity index (χ0) is 15.4. The zero-order valence-corrected chi connectivity index (χ0v) is 12.5. The lowest BCUT2D eigenvalue weighted by molar-refractivity contribution is -0.117. The Balaban J connectivity index is 1.75. The Labute approximate surface area is 130 Å². The number of anilines is 1. The third kappa shape index (κ3) is 3.35. The highest BCUT2D eigenvalue weighted by atomic mass is 16.2. The maximum absolute atomic E-state index is 12.2. The molecule has 0 bridgehead atoms. The van der Waals surface area contributed by atoms with Crippen LogP contribution in [-0.4, -0.2) is 18.5 Å². The van der Waals surface area contributed by atoms with Crippen molar-refractivity contribution in [1.29, 1.82) is 0 Å². The Kier molecular flexibility index (Phi) is 4.51. The van der Waals surface area contributed by atoms with Gasteiger partial charge in [0.15, 0.2) is 0 Å². The van der Waals surface area contributed by atoms with Gasteiger partial charge in [-0.05, 0) is 48.2 Å². The van der Waals surface area contributed by atoms with Crippen molar-refractivity contribution in [3.8, 4) is 11.1 Å². The molecular weight excluding hydrogens is 274 g/mol. The average Bonchev–Trinajstić information content (AvgIpc) is 3.10. The SMILES string of the molecule is NCc1ccc(-c2cccc(NC(=O)C3CCCN3)c2)cc1. The number of rotatable bonds is 4. The Bertz CT molecular complexity index is 646. The van der Waals surface area contributed by atoms with Gasteiger partial charge in [0, 0.05) is 12.2 Å². The summed E-state index contributed by atoms with van der Waals surface area (Å²) >= 11 is 0. The first-order chi connectivity index (χ1) is 10.8. The molecule has 0 spiro atoms. The van der Waals surface area contributed by atoms with Crippen molar-refractivity contribution in [2.45, 2.75) is 25.4 Å². The lowest BCUT2D eigenvalue weighted by Gasteiger charge is -2.12. The summed E-state index contributed by atoms with van der Waals surface area (Å²) < 4.78 is 0. The van der Waals surface area contributed by atoms with E-state index in [2.05, 4.69) is 22.8 Å². The lowest BCUT2D eigenvalue weighted by atomic mass is 10.0. The number of hydrogen-bond acceptors (Lipinski definition) is 3. The van der Waals surface area contributed by atoms with Gasteiger partial charge in [0.05, 0.1) is 6.04 Å². The number of nitrogens with two attached hydrogens (primary N) is 1. The summed E-state index contributed by atoms with van der Waals surface area (Å²) in [7, 11) is 0. The zero-order valence-electron chi connectivity index (χ0n) is 12.5. The van der Waals surface area contributed by atoms with Crippen molar-refractivity contribution < 1.29 is 4.79 Å². The van der Waals surface area contributed by atoms with E-state index in [1.165, 1.54) is 0 Å². The maximum atomic E-state index is 12.2. The van der Waals surface area contributed by atoms with E-state index in [-0.39, 0.29) is 11.9 Å². The van der Waals surface area contributed by atoms with E-state index in [9.17, 15) is 4.79 Å². The average molecular weight is 295 g/mol. The van der Waals surface area contributed by atoms with E-state index in [0.717, 1.165) is 41.8 Å². The molecule has 1 saturated heterocycles. The second kappa shape index (κ2) is 6.73. The number of benzene rings is 2. The van der Waals surface area contributed by atoms with Gasteiger partial charge in [-0.2, -0.15) is 0 Å². The van der Waals surface area contributed by atoms with E-state index in [1.807, 2.05) is 36.4 Å². The highest BCUT2D eigenvalue weighted by Gasteiger charge is 2.21. The molecule has 1 fully saturated rings. The Morgan fingerprint density at radius 3 is 2.68 bits per heavy atom. The van der Waals surface area contributed by atoms with Crippen LogP contribution in [0.1, 0.15) is 18.4 Å². The molecule has 0 aromatic heterocycles. The fourth-order valence-electron chi connectivity index (χ4n) is 2.75. The molecule has 0 radical (unpaired) electrons. The van der Waals surface area contributed by atoms with Gasteiger partial charge in [0.1, 0.15) is 0 Å². The van der Waals surface area contributed by atoms with Crippen LogP contribution in [0.3, 0.4) is 0 Å². The molecule has 0 saturated carbocycles. The number of hydrogen-bond donors (Lipinski definition) is 3. The van der Waals surface area contributed by atoms with Crippen LogP contribution < -0.4 is 16.4 Å². The van der Waals surface area contributed by atoms with Gasteiger partial charge in [-0.15, -0.1) is 0 Å². The standard InChI is InChI=1S/C18H21N3O/c19-12-13-6-8-14(9-7-13)15-3-1-4-16(11-15)21-18(22)17-5-2-10-20-17/h1,3-4,6-9,11,17,20H,2,5,10,12,19H2,(H,21,22). The number of nitrogens with one attached hydrogen (secondary N) is 2. The van der Waals surface area contributed by atoms with Crippen LogP contribution in [0.5, 0.6) is 0 Å². The molecule has 3 rings (SSSR count). The molecule has 1 amide bonds. The topological polar surface area (TPSA) is 67.1 Å². The molecule has 1 unspecified atom stereocenters. The van der Waals surface area contributed by atoms with Crippen molar-refractivity contribution in [2.75, 3.05) is 11.9 Å². The third-order valence-electron chi connectivity index (χ3n) is 4.03. The summed E-state index contributed by atoms with van der Waals surface area (Å²) in [6, 6.07) is 16.0. The summed E-state index contributed by atoms with van der Waals surface area (Å²) in [6.45, 7) is 1.47. The van der Waals surface area contributed by atoms with Crippen molar-refractivity contribution in [3.05, 3.63) is 54.1 Å². The molecule has 4 N–H and O–H groups in total. The minimum absolute atomic E-state index is 0.0492. The van der Waals surface area contributed by atoms with Gasteiger partial charge in [-0.25, -0.2) is 0 Å². The van der Waals surface area contributed by atoms with E-state index in [1.54, 1.807) is 0 Å². The third-order valence-corrected chi connectivity index (χ3v) is 4.03. The molecule has 4 heteroatoms. The Hall–Kier alpha value is -2.17.